The fourth-order valence-electron chi connectivity index (χ4n) is 1.42. The maximum absolute atomic E-state index is 9.05. The first kappa shape index (κ1) is 11.4. The minimum absolute atomic E-state index is 0.0550. The number of benzene rings is 1. The molecule has 84 valence electrons. The van der Waals surface area contributed by atoms with E-state index in [0.29, 0.717) is 5.69 Å². The van der Waals surface area contributed by atoms with Gasteiger partial charge >= 0.3 is 0 Å². The van der Waals surface area contributed by atoms with Gasteiger partial charge in [-0.2, -0.15) is 10.2 Å². The van der Waals surface area contributed by atoms with Crippen LogP contribution in [-0.4, -0.2) is 9.97 Å². The van der Waals surface area contributed by atoms with Crippen LogP contribution in [0.2, 0.25) is 0 Å². The number of hydrogen-bond acceptors (Lipinski definition) is 5. The molecule has 0 fully saturated rings. The molecule has 6 heteroatoms. The largest absolute Gasteiger partial charge is 0.382 e. The third kappa shape index (κ3) is 2.19. The Kier molecular flexibility index (Phi) is 2.93. The van der Waals surface area contributed by atoms with Crippen LogP contribution in [-0.2, 0) is 0 Å². The van der Waals surface area contributed by atoms with Crippen LogP contribution in [0.1, 0.15) is 5.56 Å². The molecule has 0 radical (unpaired) electrons. The van der Waals surface area contributed by atoms with Crippen LogP contribution in [0.15, 0.2) is 28.7 Å². The summed E-state index contributed by atoms with van der Waals surface area (Å²) in [5, 5.41) is 9.05. The van der Waals surface area contributed by atoms with E-state index in [-0.39, 0.29) is 17.3 Å². The van der Waals surface area contributed by atoms with Crippen LogP contribution < -0.4 is 11.5 Å². The highest BCUT2D eigenvalue weighted by molar-refractivity contribution is 9.10. The number of nitriles is 1. The summed E-state index contributed by atoms with van der Waals surface area (Å²) in [4.78, 5) is 7.81. The zero-order chi connectivity index (χ0) is 12.4. The fraction of sp³-hybridized carbons (Fsp3) is 0. The van der Waals surface area contributed by atoms with Gasteiger partial charge in [0.25, 0.3) is 0 Å². The first-order valence-corrected chi connectivity index (χ1v) is 5.50. The Morgan fingerprint density at radius 1 is 1.12 bits per heavy atom. The average molecular weight is 290 g/mol. The molecule has 0 atom stereocenters. The molecule has 0 aliphatic carbocycles. The van der Waals surface area contributed by atoms with Crippen molar-refractivity contribution >= 4 is 27.7 Å². The lowest BCUT2D eigenvalue weighted by Crippen LogP contribution is -2.04. The van der Waals surface area contributed by atoms with Gasteiger partial charge in [0.05, 0.1) is 5.69 Å². The van der Waals surface area contributed by atoms with Crippen molar-refractivity contribution < 1.29 is 0 Å². The Morgan fingerprint density at radius 3 is 2.35 bits per heavy atom. The summed E-state index contributed by atoms with van der Waals surface area (Å²) >= 11 is 3.34. The van der Waals surface area contributed by atoms with E-state index in [1.807, 2.05) is 30.3 Å². The second-order valence-electron chi connectivity index (χ2n) is 3.31. The van der Waals surface area contributed by atoms with Crippen LogP contribution in [0, 0.1) is 11.3 Å². The lowest BCUT2D eigenvalue weighted by Gasteiger charge is -2.06. The van der Waals surface area contributed by atoms with Crippen molar-refractivity contribution in [2.24, 2.45) is 0 Å². The van der Waals surface area contributed by atoms with Crippen molar-refractivity contribution in [2.45, 2.75) is 0 Å². The summed E-state index contributed by atoms with van der Waals surface area (Å²) < 4.78 is 0.940. The van der Waals surface area contributed by atoms with Crippen molar-refractivity contribution in [1.29, 1.82) is 5.26 Å². The number of rotatable bonds is 1. The van der Waals surface area contributed by atoms with Crippen molar-refractivity contribution in [3.63, 3.8) is 0 Å². The van der Waals surface area contributed by atoms with Crippen molar-refractivity contribution in [1.82, 2.24) is 9.97 Å². The number of aromatic nitrogens is 2. The van der Waals surface area contributed by atoms with Gasteiger partial charge in [0.2, 0.25) is 5.95 Å². The smallest absolute Gasteiger partial charge is 0.222 e. The highest BCUT2D eigenvalue weighted by atomic mass is 79.9. The third-order valence-electron chi connectivity index (χ3n) is 2.18. The molecule has 0 amide bonds. The molecule has 0 spiro atoms. The Hall–Kier alpha value is -2.13. The van der Waals surface area contributed by atoms with E-state index in [0.717, 1.165) is 10.0 Å². The predicted octanol–water partition coefficient (Wildman–Crippen LogP) is 1.94. The molecule has 0 saturated carbocycles. The summed E-state index contributed by atoms with van der Waals surface area (Å²) in [6.07, 6.45) is 0. The maximum Gasteiger partial charge on any atom is 0.222 e. The minimum Gasteiger partial charge on any atom is -0.382 e. The van der Waals surface area contributed by atoms with Gasteiger partial charge in [-0.1, -0.05) is 28.1 Å². The molecule has 1 heterocycles. The SMILES string of the molecule is N#Cc1c(N)nc(N)nc1-c1ccc(Br)cc1. The van der Waals surface area contributed by atoms with Gasteiger partial charge in [0.15, 0.2) is 0 Å². The lowest BCUT2D eigenvalue weighted by atomic mass is 10.1. The van der Waals surface area contributed by atoms with Gasteiger partial charge in [-0.05, 0) is 12.1 Å². The minimum atomic E-state index is 0.0550. The summed E-state index contributed by atoms with van der Waals surface area (Å²) in [7, 11) is 0. The molecule has 2 aromatic rings. The fourth-order valence-corrected chi connectivity index (χ4v) is 1.69. The van der Waals surface area contributed by atoms with Gasteiger partial charge in [-0.15, -0.1) is 0 Å². The normalized spacial score (nSPS) is 9.88. The quantitative estimate of drug-likeness (QED) is 0.835. The maximum atomic E-state index is 9.05. The molecule has 1 aromatic heterocycles. The van der Waals surface area contributed by atoms with Crippen LogP contribution in [0.3, 0.4) is 0 Å². The molecule has 0 aliphatic rings. The first-order valence-electron chi connectivity index (χ1n) is 4.71. The van der Waals surface area contributed by atoms with Crippen LogP contribution in [0.4, 0.5) is 11.8 Å². The highest BCUT2D eigenvalue weighted by Crippen LogP contribution is 2.26. The molecule has 0 bridgehead atoms. The molecule has 0 aliphatic heterocycles. The summed E-state index contributed by atoms with van der Waals surface area (Å²) in [6.45, 7) is 0. The number of nitrogen functional groups attached to an aromatic ring is 2. The van der Waals surface area contributed by atoms with Crippen molar-refractivity contribution in [2.75, 3.05) is 11.5 Å². The van der Waals surface area contributed by atoms with E-state index in [4.69, 9.17) is 16.7 Å². The zero-order valence-corrected chi connectivity index (χ0v) is 10.3. The second-order valence-corrected chi connectivity index (χ2v) is 4.23. The molecule has 5 nitrogen and oxygen atoms in total. The number of halogens is 1. The van der Waals surface area contributed by atoms with Gasteiger partial charge in [0.1, 0.15) is 17.5 Å². The molecule has 4 N–H and O–H groups in total. The topological polar surface area (TPSA) is 102 Å². The molecule has 2 rings (SSSR count). The molecular formula is C11H8BrN5. The Morgan fingerprint density at radius 2 is 1.76 bits per heavy atom. The average Bonchev–Trinajstić information content (AvgIpc) is 2.29. The van der Waals surface area contributed by atoms with E-state index in [2.05, 4.69) is 25.9 Å². The number of hydrogen-bond donors (Lipinski definition) is 2. The van der Waals surface area contributed by atoms with Gasteiger partial charge in [-0.3, -0.25) is 0 Å². The molecule has 0 unspecified atom stereocenters. The zero-order valence-electron chi connectivity index (χ0n) is 8.68. The summed E-state index contributed by atoms with van der Waals surface area (Å²) in [5.74, 6) is 0.150. The molecule has 17 heavy (non-hydrogen) atoms. The van der Waals surface area contributed by atoms with Gasteiger partial charge in [0, 0.05) is 10.0 Å². The van der Waals surface area contributed by atoms with Crippen molar-refractivity contribution in [3.8, 4) is 17.3 Å². The molecule has 0 saturated heterocycles. The van der Waals surface area contributed by atoms with Crippen LogP contribution in [0.25, 0.3) is 11.3 Å². The summed E-state index contributed by atoms with van der Waals surface area (Å²) in [5.41, 5.74) is 12.6. The predicted molar refractivity (Wildman–Crippen MR) is 68.7 cm³/mol. The van der Waals surface area contributed by atoms with Crippen LogP contribution >= 0.6 is 15.9 Å². The third-order valence-corrected chi connectivity index (χ3v) is 2.71. The standard InChI is InChI=1S/C11H8BrN5/c12-7-3-1-6(2-4-7)9-8(5-13)10(14)17-11(15)16-9/h1-4H,(H4,14,15,16,17). The van der Waals surface area contributed by atoms with E-state index in [1.165, 1.54) is 0 Å². The van der Waals surface area contributed by atoms with Crippen LogP contribution in [0.5, 0.6) is 0 Å². The lowest BCUT2D eigenvalue weighted by molar-refractivity contribution is 1.18. The second kappa shape index (κ2) is 4.39. The summed E-state index contributed by atoms with van der Waals surface area (Å²) in [6, 6.07) is 9.34. The van der Waals surface area contributed by atoms with E-state index in [1.54, 1.807) is 0 Å². The van der Waals surface area contributed by atoms with E-state index < -0.39 is 0 Å². The number of nitrogens with zero attached hydrogens (tertiary/aromatic N) is 3. The Labute approximate surface area is 106 Å². The number of anilines is 2. The number of nitrogens with two attached hydrogens (primary N) is 2. The van der Waals surface area contributed by atoms with Gasteiger partial charge < -0.3 is 11.5 Å². The highest BCUT2D eigenvalue weighted by Gasteiger charge is 2.12. The Bertz CT molecular complexity index is 600. The molecule has 1 aromatic carbocycles. The monoisotopic (exact) mass is 289 g/mol. The molecular weight excluding hydrogens is 282 g/mol. The Balaban J connectivity index is 2.66. The van der Waals surface area contributed by atoms with Gasteiger partial charge in [-0.25, -0.2) is 4.98 Å². The van der Waals surface area contributed by atoms with E-state index in [9.17, 15) is 0 Å². The first-order chi connectivity index (χ1) is 8.11. The van der Waals surface area contributed by atoms with Crippen molar-refractivity contribution in [3.05, 3.63) is 34.3 Å². The van der Waals surface area contributed by atoms with E-state index >= 15 is 0 Å².